The zero-order chi connectivity index (χ0) is 15.7. The van der Waals surface area contributed by atoms with Crippen molar-refractivity contribution < 1.29 is 8.42 Å². The first kappa shape index (κ1) is 16.7. The van der Waals surface area contributed by atoms with Crippen molar-refractivity contribution in [2.45, 2.75) is 50.3 Å². The first-order valence-electron chi connectivity index (χ1n) is 7.15. The highest BCUT2D eigenvalue weighted by Gasteiger charge is 2.33. The van der Waals surface area contributed by atoms with E-state index in [-0.39, 0.29) is 14.5 Å². The summed E-state index contributed by atoms with van der Waals surface area (Å²) in [5.41, 5.74) is 0.665. The lowest BCUT2D eigenvalue weighted by Gasteiger charge is -2.28. The first-order chi connectivity index (χ1) is 9.72. The molecular weight excluding hydrogens is 310 g/mol. The molecule has 0 amide bonds. The monoisotopic (exact) mass is 333 g/mol. The lowest BCUT2D eigenvalue weighted by Crippen LogP contribution is -2.41. The third-order valence-electron chi connectivity index (χ3n) is 4.09. The van der Waals surface area contributed by atoms with E-state index >= 15 is 0 Å². The Kier molecular flexibility index (Phi) is 4.92. The van der Waals surface area contributed by atoms with Gasteiger partial charge in [0.15, 0.2) is 4.21 Å². The molecule has 1 aromatic heterocycles. The summed E-state index contributed by atoms with van der Waals surface area (Å²) in [5, 5.41) is 3.42. The van der Waals surface area contributed by atoms with Gasteiger partial charge in [-0.05, 0) is 25.2 Å². The van der Waals surface area contributed by atoms with Crippen LogP contribution in [-0.2, 0) is 10.0 Å². The standard InChI is InChI=1S/C13H23N3O3S2/c1-9-11(20-12(17)16-9)21(18,19)15-8-7-14-10-5-4-6-13(10,2)3/h10,14-15H,4-8H2,1-3H3,(H,16,17)/t10-/m0/s1. The molecule has 1 fully saturated rings. The second-order valence-electron chi connectivity index (χ2n) is 6.21. The van der Waals surface area contributed by atoms with Crippen molar-refractivity contribution in [3.05, 3.63) is 15.4 Å². The van der Waals surface area contributed by atoms with Crippen molar-refractivity contribution >= 4 is 21.4 Å². The van der Waals surface area contributed by atoms with Gasteiger partial charge in [0.05, 0.1) is 0 Å². The molecule has 21 heavy (non-hydrogen) atoms. The van der Waals surface area contributed by atoms with Gasteiger partial charge in [0, 0.05) is 24.8 Å². The Labute approximate surface area is 129 Å². The smallest absolute Gasteiger partial charge is 0.305 e. The topological polar surface area (TPSA) is 91.1 Å². The molecule has 1 aromatic rings. The van der Waals surface area contributed by atoms with E-state index in [1.54, 1.807) is 6.92 Å². The van der Waals surface area contributed by atoms with Crippen LogP contribution in [0, 0.1) is 12.3 Å². The third-order valence-corrected chi connectivity index (χ3v) is 7.16. The van der Waals surface area contributed by atoms with E-state index in [9.17, 15) is 13.2 Å². The largest absolute Gasteiger partial charge is 0.315 e. The Morgan fingerprint density at radius 1 is 1.38 bits per heavy atom. The van der Waals surface area contributed by atoms with Gasteiger partial charge in [-0.15, -0.1) is 0 Å². The Morgan fingerprint density at radius 2 is 2.10 bits per heavy atom. The number of nitrogens with one attached hydrogen (secondary N) is 3. The molecule has 8 heteroatoms. The molecule has 1 atom stereocenters. The normalized spacial score (nSPS) is 21.8. The summed E-state index contributed by atoms with van der Waals surface area (Å²) < 4.78 is 26.8. The average Bonchev–Trinajstić information content (AvgIpc) is 2.87. The number of sulfonamides is 1. The zero-order valence-corrected chi connectivity index (χ0v) is 14.3. The van der Waals surface area contributed by atoms with Crippen LogP contribution in [0.4, 0.5) is 0 Å². The molecule has 0 aromatic carbocycles. The molecule has 1 aliphatic carbocycles. The lowest BCUT2D eigenvalue weighted by atomic mass is 9.87. The fourth-order valence-electron chi connectivity index (χ4n) is 2.85. The molecule has 1 aliphatic rings. The number of H-pyrrole nitrogens is 1. The number of aromatic nitrogens is 1. The molecule has 2 rings (SSSR count). The van der Waals surface area contributed by atoms with Gasteiger partial charge >= 0.3 is 4.87 Å². The van der Waals surface area contributed by atoms with Crippen LogP contribution in [0.3, 0.4) is 0 Å². The minimum absolute atomic E-state index is 0.0775. The Balaban J connectivity index is 1.86. The summed E-state index contributed by atoms with van der Waals surface area (Å²) in [6.45, 7) is 6.98. The van der Waals surface area contributed by atoms with Gasteiger partial charge in [0.25, 0.3) is 10.0 Å². The molecular formula is C13H23N3O3S2. The molecule has 1 heterocycles. The maximum Gasteiger partial charge on any atom is 0.305 e. The molecule has 0 spiro atoms. The summed E-state index contributed by atoms with van der Waals surface area (Å²) in [7, 11) is -3.60. The van der Waals surface area contributed by atoms with E-state index < -0.39 is 10.0 Å². The molecule has 3 N–H and O–H groups in total. The molecule has 120 valence electrons. The fourth-order valence-corrected chi connectivity index (χ4v) is 5.22. The molecule has 0 saturated heterocycles. The molecule has 1 saturated carbocycles. The Hall–Kier alpha value is -0.700. The highest BCUT2D eigenvalue weighted by Crippen LogP contribution is 2.36. The lowest BCUT2D eigenvalue weighted by molar-refractivity contribution is 0.285. The van der Waals surface area contributed by atoms with E-state index in [2.05, 4.69) is 28.9 Å². The number of rotatable bonds is 6. The maximum absolute atomic E-state index is 12.1. The van der Waals surface area contributed by atoms with Crippen molar-refractivity contribution in [2.75, 3.05) is 13.1 Å². The number of aryl methyl sites for hydroxylation is 1. The van der Waals surface area contributed by atoms with E-state index in [1.165, 1.54) is 12.8 Å². The summed E-state index contributed by atoms with van der Waals surface area (Å²) in [6, 6.07) is 0.437. The van der Waals surface area contributed by atoms with Crippen molar-refractivity contribution in [1.82, 2.24) is 15.0 Å². The van der Waals surface area contributed by atoms with Crippen LogP contribution in [0.5, 0.6) is 0 Å². The van der Waals surface area contributed by atoms with Crippen LogP contribution in [0.15, 0.2) is 9.00 Å². The van der Waals surface area contributed by atoms with Gasteiger partial charge in [-0.1, -0.05) is 31.6 Å². The number of hydrogen-bond donors (Lipinski definition) is 3. The molecule has 0 radical (unpaired) electrons. The van der Waals surface area contributed by atoms with Gasteiger partial charge in [0.2, 0.25) is 0 Å². The van der Waals surface area contributed by atoms with E-state index in [0.29, 0.717) is 24.8 Å². The zero-order valence-electron chi connectivity index (χ0n) is 12.7. The highest BCUT2D eigenvalue weighted by atomic mass is 32.2. The Morgan fingerprint density at radius 3 is 2.62 bits per heavy atom. The first-order valence-corrected chi connectivity index (χ1v) is 9.45. The quantitative estimate of drug-likeness (QED) is 0.682. The molecule has 0 aliphatic heterocycles. The second-order valence-corrected chi connectivity index (χ2v) is 9.16. The van der Waals surface area contributed by atoms with Crippen LogP contribution >= 0.6 is 11.3 Å². The van der Waals surface area contributed by atoms with Crippen molar-refractivity contribution in [1.29, 1.82) is 0 Å². The number of aromatic amines is 1. The van der Waals surface area contributed by atoms with Gasteiger partial charge in [-0.3, -0.25) is 4.79 Å². The van der Waals surface area contributed by atoms with E-state index in [1.807, 2.05) is 0 Å². The predicted octanol–water partition coefficient (Wildman–Crippen LogP) is 1.19. The second kappa shape index (κ2) is 6.20. The molecule has 0 unspecified atom stereocenters. The van der Waals surface area contributed by atoms with Crippen LogP contribution in [0.2, 0.25) is 0 Å². The van der Waals surface area contributed by atoms with Gasteiger partial charge in [-0.2, -0.15) is 0 Å². The molecule has 6 nitrogen and oxygen atoms in total. The SMILES string of the molecule is Cc1[nH]c(=O)sc1S(=O)(=O)NCCN[C@H]1CCCC1(C)C. The van der Waals surface area contributed by atoms with Crippen LogP contribution in [0.1, 0.15) is 38.8 Å². The van der Waals surface area contributed by atoms with Gasteiger partial charge in [0.1, 0.15) is 0 Å². The van der Waals surface area contributed by atoms with Gasteiger partial charge in [-0.25, -0.2) is 13.1 Å². The van der Waals surface area contributed by atoms with Crippen LogP contribution < -0.4 is 14.9 Å². The summed E-state index contributed by atoms with van der Waals surface area (Å²) in [5.74, 6) is 0. The van der Waals surface area contributed by atoms with E-state index in [4.69, 9.17) is 0 Å². The Bertz CT molecular complexity index is 646. The van der Waals surface area contributed by atoms with E-state index in [0.717, 1.165) is 17.8 Å². The fraction of sp³-hybridized carbons (Fsp3) is 0.769. The van der Waals surface area contributed by atoms with Crippen LogP contribution in [0.25, 0.3) is 0 Å². The summed E-state index contributed by atoms with van der Waals surface area (Å²) >= 11 is 0.722. The minimum atomic E-state index is -3.60. The van der Waals surface area contributed by atoms with Crippen molar-refractivity contribution in [3.8, 4) is 0 Å². The van der Waals surface area contributed by atoms with Gasteiger partial charge < -0.3 is 10.3 Å². The average molecular weight is 333 g/mol. The maximum atomic E-state index is 12.1. The molecule has 0 bridgehead atoms. The van der Waals surface area contributed by atoms with Crippen molar-refractivity contribution in [2.24, 2.45) is 5.41 Å². The van der Waals surface area contributed by atoms with Crippen molar-refractivity contribution in [3.63, 3.8) is 0 Å². The highest BCUT2D eigenvalue weighted by molar-refractivity contribution is 7.91. The summed E-state index contributed by atoms with van der Waals surface area (Å²) in [4.78, 5) is 13.3. The third kappa shape index (κ3) is 3.94. The number of thiazole rings is 1. The minimum Gasteiger partial charge on any atom is -0.315 e. The van der Waals surface area contributed by atoms with Crippen LogP contribution in [-0.4, -0.2) is 32.5 Å². The number of hydrogen-bond acceptors (Lipinski definition) is 5. The summed E-state index contributed by atoms with van der Waals surface area (Å²) in [6.07, 6.45) is 3.55. The predicted molar refractivity (Wildman–Crippen MR) is 84.3 cm³/mol.